The molecule has 2 heterocycles. The van der Waals surface area contributed by atoms with Crippen molar-refractivity contribution in [3.8, 4) is 0 Å². The molecule has 94 valence electrons. The van der Waals surface area contributed by atoms with Gasteiger partial charge in [0.15, 0.2) is 11.2 Å². The molecule has 0 radical (unpaired) electrons. The fourth-order valence-electron chi connectivity index (χ4n) is 1.24. The second-order valence-corrected chi connectivity index (χ2v) is 4.03. The van der Waals surface area contributed by atoms with E-state index in [1.165, 1.54) is 12.5 Å². The molecule has 0 bridgehead atoms. The number of fused-ring (bicyclic) bond motifs is 1. The van der Waals surface area contributed by atoms with Crippen molar-refractivity contribution >= 4 is 35.1 Å². The standard InChI is InChI=1S/C10H11ClN6O/c1-17(2)5-13-10-15-8-7(9(18)16-10)14-6(3-11)4-12-8/h4-5H,3H2,1-2H3,(H,12,15,16,18)/b13-5+. The van der Waals surface area contributed by atoms with Gasteiger partial charge in [0, 0.05) is 14.1 Å². The third-order valence-electron chi connectivity index (χ3n) is 2.00. The zero-order chi connectivity index (χ0) is 13.1. The van der Waals surface area contributed by atoms with Crippen molar-refractivity contribution < 1.29 is 0 Å². The van der Waals surface area contributed by atoms with Crippen LogP contribution in [0, 0.1) is 0 Å². The van der Waals surface area contributed by atoms with Crippen LogP contribution in [0.15, 0.2) is 16.0 Å². The molecule has 0 aliphatic heterocycles. The molecule has 0 saturated carbocycles. The number of aromatic amines is 1. The van der Waals surface area contributed by atoms with Gasteiger partial charge in [-0.25, -0.2) is 15.0 Å². The number of nitrogens with zero attached hydrogens (tertiary/aromatic N) is 5. The molecular formula is C10H11ClN6O. The lowest BCUT2D eigenvalue weighted by atomic mass is 10.4. The van der Waals surface area contributed by atoms with E-state index in [0.717, 1.165) is 0 Å². The summed E-state index contributed by atoms with van der Waals surface area (Å²) in [4.78, 5) is 32.2. The Balaban J connectivity index is 2.53. The maximum Gasteiger partial charge on any atom is 0.280 e. The van der Waals surface area contributed by atoms with Gasteiger partial charge in [0.05, 0.1) is 24.1 Å². The minimum atomic E-state index is -0.384. The number of hydrogen-bond donors (Lipinski definition) is 1. The molecule has 0 fully saturated rings. The van der Waals surface area contributed by atoms with Crippen molar-refractivity contribution in [1.29, 1.82) is 0 Å². The minimum absolute atomic E-state index is 0.164. The lowest BCUT2D eigenvalue weighted by molar-refractivity contribution is 0.642. The number of hydrogen-bond acceptors (Lipinski definition) is 5. The number of H-pyrrole nitrogens is 1. The molecule has 2 aromatic heterocycles. The highest BCUT2D eigenvalue weighted by molar-refractivity contribution is 6.16. The molecule has 0 aromatic carbocycles. The Morgan fingerprint density at radius 3 is 2.94 bits per heavy atom. The van der Waals surface area contributed by atoms with Crippen molar-refractivity contribution in [3.63, 3.8) is 0 Å². The van der Waals surface area contributed by atoms with E-state index in [1.807, 2.05) is 14.1 Å². The summed E-state index contributed by atoms with van der Waals surface area (Å²) in [5.41, 5.74) is 0.557. The molecule has 0 saturated heterocycles. The number of nitrogens with one attached hydrogen (secondary N) is 1. The van der Waals surface area contributed by atoms with Crippen molar-refractivity contribution in [2.24, 2.45) is 4.99 Å². The Labute approximate surface area is 108 Å². The Morgan fingerprint density at radius 1 is 1.50 bits per heavy atom. The SMILES string of the molecule is CN(C)/C=N/c1nc2ncc(CCl)nc2c(=O)[nH]1. The zero-order valence-corrected chi connectivity index (χ0v) is 10.6. The van der Waals surface area contributed by atoms with E-state index in [1.54, 1.807) is 4.90 Å². The topological polar surface area (TPSA) is 87.1 Å². The highest BCUT2D eigenvalue weighted by Gasteiger charge is 2.06. The van der Waals surface area contributed by atoms with Crippen LogP contribution < -0.4 is 5.56 Å². The van der Waals surface area contributed by atoms with Gasteiger partial charge in [0.1, 0.15) is 0 Å². The van der Waals surface area contributed by atoms with E-state index in [9.17, 15) is 4.79 Å². The summed E-state index contributed by atoms with van der Waals surface area (Å²) in [5.74, 6) is 0.386. The first-order chi connectivity index (χ1) is 8.60. The van der Waals surface area contributed by atoms with Gasteiger partial charge in [-0.3, -0.25) is 9.78 Å². The smallest absolute Gasteiger partial charge is 0.280 e. The third kappa shape index (κ3) is 2.62. The average molecular weight is 267 g/mol. The first kappa shape index (κ1) is 12.4. The molecule has 0 aliphatic rings. The fraction of sp³-hybridized carbons (Fsp3) is 0.300. The van der Waals surface area contributed by atoms with Crippen LogP contribution in [-0.2, 0) is 5.88 Å². The summed E-state index contributed by atoms with van der Waals surface area (Å²) in [6, 6.07) is 0. The highest BCUT2D eigenvalue weighted by atomic mass is 35.5. The lowest BCUT2D eigenvalue weighted by Gasteiger charge is -2.02. The normalized spacial score (nSPS) is 11.3. The Bertz CT molecular complexity index is 650. The van der Waals surface area contributed by atoms with Crippen LogP contribution in [0.5, 0.6) is 0 Å². The molecule has 7 nitrogen and oxygen atoms in total. The van der Waals surface area contributed by atoms with Gasteiger partial charge in [0.25, 0.3) is 5.56 Å². The Hall–Kier alpha value is -2.02. The van der Waals surface area contributed by atoms with Crippen LogP contribution in [-0.4, -0.2) is 45.3 Å². The quantitative estimate of drug-likeness (QED) is 0.501. The first-order valence-electron chi connectivity index (χ1n) is 5.12. The van der Waals surface area contributed by atoms with Crippen LogP contribution in [0.25, 0.3) is 11.2 Å². The van der Waals surface area contributed by atoms with Gasteiger partial charge in [-0.1, -0.05) is 0 Å². The number of halogens is 1. The summed E-state index contributed by atoms with van der Waals surface area (Å²) in [5, 5.41) is 0. The molecule has 0 atom stereocenters. The fourth-order valence-corrected chi connectivity index (χ4v) is 1.37. The maximum atomic E-state index is 11.8. The predicted octanol–water partition coefficient (Wildman–Crippen LogP) is 0.673. The molecule has 0 aliphatic carbocycles. The van der Waals surface area contributed by atoms with Crippen LogP contribution in [0.2, 0.25) is 0 Å². The number of rotatable bonds is 3. The highest BCUT2D eigenvalue weighted by Crippen LogP contribution is 2.07. The van der Waals surface area contributed by atoms with E-state index in [2.05, 4.69) is 24.9 Å². The predicted molar refractivity (Wildman–Crippen MR) is 69.3 cm³/mol. The molecule has 2 aromatic rings. The minimum Gasteiger partial charge on any atom is -0.369 e. The molecule has 0 spiro atoms. The van der Waals surface area contributed by atoms with Crippen LogP contribution in [0.3, 0.4) is 0 Å². The molecule has 2 rings (SSSR count). The number of aliphatic imine (C=N–C) groups is 1. The van der Waals surface area contributed by atoms with Gasteiger partial charge in [-0.05, 0) is 0 Å². The average Bonchev–Trinajstić information content (AvgIpc) is 2.36. The monoisotopic (exact) mass is 266 g/mol. The summed E-state index contributed by atoms with van der Waals surface area (Å²) >= 11 is 5.63. The zero-order valence-electron chi connectivity index (χ0n) is 9.88. The Kier molecular flexibility index (Phi) is 3.52. The van der Waals surface area contributed by atoms with Gasteiger partial charge in [-0.2, -0.15) is 4.98 Å². The van der Waals surface area contributed by atoms with E-state index in [-0.39, 0.29) is 28.6 Å². The second kappa shape index (κ2) is 5.09. The Morgan fingerprint density at radius 2 is 2.28 bits per heavy atom. The van der Waals surface area contributed by atoms with E-state index < -0.39 is 0 Å². The van der Waals surface area contributed by atoms with E-state index >= 15 is 0 Å². The largest absolute Gasteiger partial charge is 0.369 e. The van der Waals surface area contributed by atoms with Crippen LogP contribution in [0.1, 0.15) is 5.69 Å². The van der Waals surface area contributed by atoms with Gasteiger partial charge in [0.2, 0.25) is 5.95 Å². The van der Waals surface area contributed by atoms with Gasteiger partial charge < -0.3 is 4.90 Å². The maximum absolute atomic E-state index is 11.8. The first-order valence-corrected chi connectivity index (χ1v) is 5.66. The van der Waals surface area contributed by atoms with Crippen LogP contribution in [0.4, 0.5) is 5.95 Å². The molecule has 0 unspecified atom stereocenters. The summed E-state index contributed by atoms with van der Waals surface area (Å²) < 4.78 is 0. The van der Waals surface area contributed by atoms with Crippen molar-refractivity contribution in [3.05, 3.63) is 22.2 Å². The molecule has 18 heavy (non-hydrogen) atoms. The molecule has 1 N–H and O–H groups in total. The number of alkyl halides is 1. The van der Waals surface area contributed by atoms with Gasteiger partial charge >= 0.3 is 0 Å². The molecule has 8 heteroatoms. The van der Waals surface area contributed by atoms with Crippen LogP contribution >= 0.6 is 11.6 Å². The molecule has 0 amide bonds. The summed E-state index contributed by atoms with van der Waals surface area (Å²) in [6.45, 7) is 0. The van der Waals surface area contributed by atoms with Crippen molar-refractivity contribution in [2.75, 3.05) is 14.1 Å². The van der Waals surface area contributed by atoms with Crippen molar-refractivity contribution in [1.82, 2.24) is 24.8 Å². The van der Waals surface area contributed by atoms with Crippen molar-refractivity contribution in [2.45, 2.75) is 5.88 Å². The van der Waals surface area contributed by atoms with Gasteiger partial charge in [-0.15, -0.1) is 11.6 Å². The summed E-state index contributed by atoms with van der Waals surface area (Å²) in [7, 11) is 3.63. The second-order valence-electron chi connectivity index (χ2n) is 3.76. The molecular weight excluding hydrogens is 256 g/mol. The lowest BCUT2D eigenvalue weighted by Crippen LogP contribution is -2.12. The number of aromatic nitrogens is 4. The summed E-state index contributed by atoms with van der Waals surface area (Å²) in [6.07, 6.45) is 3.02. The third-order valence-corrected chi connectivity index (χ3v) is 2.28. The van der Waals surface area contributed by atoms with E-state index in [4.69, 9.17) is 11.6 Å². The van der Waals surface area contributed by atoms with E-state index in [0.29, 0.717) is 5.69 Å².